The molecule has 0 fully saturated rings. The van der Waals surface area contributed by atoms with Crippen LogP contribution in [0.4, 0.5) is 18.3 Å². The van der Waals surface area contributed by atoms with Crippen LogP contribution in [-0.4, -0.2) is 34.0 Å². The molecule has 1 aromatic heterocycles. The van der Waals surface area contributed by atoms with Crippen LogP contribution in [0.5, 0.6) is 0 Å². The monoisotopic (exact) mass is 597 g/mol. The Balaban J connectivity index is 1.37. The van der Waals surface area contributed by atoms with Crippen molar-refractivity contribution in [3.63, 3.8) is 0 Å². The Bertz CT molecular complexity index is 1540. The molecule has 212 valence electrons. The van der Waals surface area contributed by atoms with Crippen LogP contribution in [0.25, 0.3) is 11.3 Å². The summed E-state index contributed by atoms with van der Waals surface area (Å²) in [6.07, 6.45) is 3.06. The van der Waals surface area contributed by atoms with Gasteiger partial charge < -0.3 is 15.7 Å². The molecule has 0 aliphatic heterocycles. The van der Waals surface area contributed by atoms with Crippen molar-refractivity contribution in [1.29, 1.82) is 0 Å². The number of hydrogen-bond acceptors (Lipinski definition) is 6. The van der Waals surface area contributed by atoms with E-state index in [9.17, 15) is 22.8 Å². The number of nitrogens with zero attached hydrogens (tertiary/aromatic N) is 1. The maximum atomic E-state index is 12.7. The summed E-state index contributed by atoms with van der Waals surface area (Å²) >= 11 is 1.25. The molecular weight excluding hydrogens is 571 g/mol. The number of anilines is 1. The number of carbonyl (C=O) groups excluding carboxylic acids is 1. The van der Waals surface area contributed by atoms with E-state index in [4.69, 9.17) is 10.1 Å². The van der Waals surface area contributed by atoms with E-state index in [0.717, 1.165) is 30.4 Å². The molecule has 1 unspecified atom stereocenters. The van der Waals surface area contributed by atoms with Gasteiger partial charge in [-0.3, -0.25) is 9.59 Å². The van der Waals surface area contributed by atoms with Crippen LogP contribution in [0.2, 0.25) is 0 Å². The lowest BCUT2D eigenvalue weighted by molar-refractivity contribution is -0.136. The molecule has 6 nitrogen and oxygen atoms in total. The molecule has 1 atom stereocenters. The van der Waals surface area contributed by atoms with E-state index in [1.807, 2.05) is 17.5 Å². The summed E-state index contributed by atoms with van der Waals surface area (Å²) < 4.78 is 38.1. The SMILES string of the molecule is O=C(O)CCNC(=O)c1ccc(C(Nc2nc(-c3ccc(SC(F)(F)F)cc3)cs2)c2ccc3c(c2)CCC3)cc1. The zero-order chi connectivity index (χ0) is 29.0. The first kappa shape index (κ1) is 28.7. The number of rotatable bonds is 10. The van der Waals surface area contributed by atoms with Crippen molar-refractivity contribution in [3.8, 4) is 11.3 Å². The molecule has 1 aliphatic rings. The molecule has 41 heavy (non-hydrogen) atoms. The fourth-order valence-electron chi connectivity index (χ4n) is 4.77. The summed E-state index contributed by atoms with van der Waals surface area (Å²) in [5.41, 5.74) is 2.09. The van der Waals surface area contributed by atoms with Gasteiger partial charge in [-0.2, -0.15) is 13.2 Å². The summed E-state index contributed by atoms with van der Waals surface area (Å²) in [7, 11) is 0. The number of carboxylic acid groups (broad SMARTS) is 1. The molecular formula is C30H26F3N3O3S2. The number of carboxylic acids is 1. The fourth-order valence-corrected chi connectivity index (χ4v) is 6.05. The minimum Gasteiger partial charge on any atom is -0.481 e. The molecule has 0 saturated carbocycles. The molecule has 0 saturated heterocycles. The van der Waals surface area contributed by atoms with Crippen LogP contribution in [0.3, 0.4) is 0 Å². The van der Waals surface area contributed by atoms with Crippen LogP contribution in [0.1, 0.15) is 51.5 Å². The third kappa shape index (κ3) is 7.47. The van der Waals surface area contributed by atoms with E-state index in [1.165, 1.54) is 34.6 Å². The zero-order valence-corrected chi connectivity index (χ0v) is 23.3. The van der Waals surface area contributed by atoms with Gasteiger partial charge in [-0.15, -0.1) is 11.3 Å². The molecule has 0 radical (unpaired) electrons. The van der Waals surface area contributed by atoms with E-state index >= 15 is 0 Å². The highest BCUT2D eigenvalue weighted by Crippen LogP contribution is 2.38. The molecule has 1 amide bonds. The smallest absolute Gasteiger partial charge is 0.446 e. The van der Waals surface area contributed by atoms with E-state index in [1.54, 1.807) is 24.3 Å². The van der Waals surface area contributed by atoms with Gasteiger partial charge in [0.1, 0.15) is 0 Å². The van der Waals surface area contributed by atoms with E-state index in [2.05, 4.69) is 28.8 Å². The molecule has 11 heteroatoms. The van der Waals surface area contributed by atoms with Gasteiger partial charge in [0.05, 0.1) is 18.2 Å². The number of halogens is 3. The van der Waals surface area contributed by atoms with Crippen molar-refractivity contribution in [3.05, 3.63) is 99.9 Å². The summed E-state index contributed by atoms with van der Waals surface area (Å²) in [4.78, 5) is 28.0. The molecule has 4 aromatic rings. The minimum absolute atomic E-state index is 0.0471. The predicted octanol–water partition coefficient (Wildman–Crippen LogP) is 7.32. The van der Waals surface area contributed by atoms with Crippen molar-refractivity contribution in [2.45, 2.75) is 42.1 Å². The van der Waals surface area contributed by atoms with Crippen LogP contribution >= 0.6 is 23.1 Å². The normalized spacial score (nSPS) is 13.4. The second kappa shape index (κ2) is 12.4. The molecule has 1 heterocycles. The average Bonchev–Trinajstić information content (AvgIpc) is 3.60. The van der Waals surface area contributed by atoms with Crippen molar-refractivity contribution in [1.82, 2.24) is 10.3 Å². The largest absolute Gasteiger partial charge is 0.481 e. The highest BCUT2D eigenvalue weighted by atomic mass is 32.2. The van der Waals surface area contributed by atoms with E-state index < -0.39 is 11.5 Å². The number of carbonyl (C=O) groups is 2. The van der Waals surface area contributed by atoms with Crippen LogP contribution in [0.15, 0.2) is 77.0 Å². The van der Waals surface area contributed by atoms with Crippen molar-refractivity contribution in [2.24, 2.45) is 0 Å². The Labute approximate surface area is 243 Å². The first-order valence-corrected chi connectivity index (χ1v) is 14.6. The van der Waals surface area contributed by atoms with Gasteiger partial charge in [-0.1, -0.05) is 42.5 Å². The van der Waals surface area contributed by atoms with Crippen LogP contribution in [-0.2, 0) is 17.6 Å². The number of thioether (sulfide) groups is 1. The Kier molecular flexibility index (Phi) is 8.65. The molecule has 3 aromatic carbocycles. The van der Waals surface area contributed by atoms with Gasteiger partial charge in [0.2, 0.25) is 0 Å². The number of nitrogens with one attached hydrogen (secondary N) is 2. The fraction of sp³-hybridized carbons (Fsp3) is 0.233. The lowest BCUT2D eigenvalue weighted by Crippen LogP contribution is -2.26. The van der Waals surface area contributed by atoms with Crippen LogP contribution < -0.4 is 10.6 Å². The summed E-state index contributed by atoms with van der Waals surface area (Å²) in [5, 5.41) is 17.4. The maximum Gasteiger partial charge on any atom is 0.446 e. The maximum absolute atomic E-state index is 12.7. The topological polar surface area (TPSA) is 91.3 Å². The van der Waals surface area contributed by atoms with Gasteiger partial charge in [0, 0.05) is 27.9 Å². The number of hydrogen-bond donors (Lipinski definition) is 3. The van der Waals surface area contributed by atoms with Gasteiger partial charge in [0.25, 0.3) is 5.91 Å². The highest BCUT2D eigenvalue weighted by molar-refractivity contribution is 8.00. The average molecular weight is 598 g/mol. The molecule has 0 bridgehead atoms. The highest BCUT2D eigenvalue weighted by Gasteiger charge is 2.29. The van der Waals surface area contributed by atoms with Crippen LogP contribution in [0, 0.1) is 0 Å². The number of benzene rings is 3. The number of fused-ring (bicyclic) bond motifs is 1. The third-order valence-corrected chi connectivity index (χ3v) is 8.26. The van der Waals surface area contributed by atoms with Gasteiger partial charge in [-0.25, -0.2) is 4.98 Å². The summed E-state index contributed by atoms with van der Waals surface area (Å²) in [6, 6.07) is 19.5. The van der Waals surface area contributed by atoms with Crippen molar-refractivity contribution < 1.29 is 27.9 Å². The van der Waals surface area contributed by atoms with Gasteiger partial charge >= 0.3 is 11.5 Å². The first-order valence-electron chi connectivity index (χ1n) is 12.9. The number of thiazole rings is 1. The number of alkyl halides is 3. The van der Waals surface area contributed by atoms with Gasteiger partial charge in [0.15, 0.2) is 5.13 Å². The van der Waals surface area contributed by atoms with Crippen molar-refractivity contribution in [2.75, 3.05) is 11.9 Å². The lowest BCUT2D eigenvalue weighted by atomic mass is 9.95. The van der Waals surface area contributed by atoms with Gasteiger partial charge in [-0.05, 0) is 77.5 Å². The van der Waals surface area contributed by atoms with E-state index in [0.29, 0.717) is 22.0 Å². The zero-order valence-electron chi connectivity index (χ0n) is 21.7. The Morgan fingerprint density at radius 2 is 1.68 bits per heavy atom. The van der Waals surface area contributed by atoms with E-state index in [-0.39, 0.29) is 41.6 Å². The predicted molar refractivity (Wildman–Crippen MR) is 154 cm³/mol. The molecule has 5 rings (SSSR count). The molecule has 3 N–H and O–H groups in total. The number of aryl methyl sites for hydroxylation is 2. The Hall–Kier alpha value is -3.83. The number of aliphatic carboxylic acids is 1. The first-order chi connectivity index (χ1) is 19.6. The quantitative estimate of drug-likeness (QED) is 0.166. The standard InChI is InChI=1S/C30H26F3N3O3S2/c31-30(32,33)41-24-12-10-19(11-13-24)25-17-40-29(35-25)36-27(23-9-4-18-2-1-3-22(18)16-23)20-5-7-21(8-6-20)28(39)34-15-14-26(37)38/h4-13,16-17,27H,1-3,14-15H2,(H,34,39)(H,35,36)(H,37,38). The Morgan fingerprint density at radius 3 is 2.39 bits per heavy atom. The second-order valence-corrected chi connectivity index (χ2v) is 11.6. The molecule has 0 spiro atoms. The number of amides is 1. The summed E-state index contributed by atoms with van der Waals surface area (Å²) in [5.74, 6) is -1.32. The third-order valence-electron chi connectivity index (χ3n) is 6.74. The second-order valence-electron chi connectivity index (χ2n) is 9.59. The number of aromatic nitrogens is 1. The summed E-state index contributed by atoms with van der Waals surface area (Å²) in [6.45, 7) is 0.0471. The minimum atomic E-state index is -4.34. The lowest BCUT2D eigenvalue weighted by Gasteiger charge is -2.21. The van der Waals surface area contributed by atoms with Crippen molar-refractivity contribution >= 4 is 40.1 Å². The molecule has 1 aliphatic carbocycles. The Morgan fingerprint density at radius 1 is 0.976 bits per heavy atom.